The topological polar surface area (TPSA) is 154 Å². The third-order valence-corrected chi connectivity index (χ3v) is 7.30. The molecule has 186 valence electrons. The van der Waals surface area contributed by atoms with Crippen LogP contribution in [0.25, 0.3) is 11.1 Å². The summed E-state index contributed by atoms with van der Waals surface area (Å²) in [6, 6.07) is 15.1. The van der Waals surface area contributed by atoms with Gasteiger partial charge in [-0.05, 0) is 55.5 Å². The number of carbonyl (C=O) groups excluding carboxylic acids is 1. The fourth-order valence-electron chi connectivity index (χ4n) is 3.26. The Balaban J connectivity index is 1.43. The average Bonchev–Trinajstić information content (AvgIpc) is 3.26. The van der Waals surface area contributed by atoms with Crippen molar-refractivity contribution in [2.75, 3.05) is 22.9 Å². The molecular formula is C23H20N4O7S2. The summed E-state index contributed by atoms with van der Waals surface area (Å²) in [5, 5.41) is 13.9. The van der Waals surface area contributed by atoms with Crippen molar-refractivity contribution >= 4 is 55.9 Å². The van der Waals surface area contributed by atoms with Crippen molar-refractivity contribution in [2.24, 2.45) is 0 Å². The van der Waals surface area contributed by atoms with Crippen molar-refractivity contribution in [1.82, 2.24) is 4.98 Å². The van der Waals surface area contributed by atoms with Gasteiger partial charge in [-0.15, -0.1) is 0 Å². The predicted octanol–water partition coefficient (Wildman–Crippen LogP) is 4.58. The predicted molar refractivity (Wildman–Crippen MR) is 135 cm³/mol. The number of sulfonamides is 1. The quantitative estimate of drug-likeness (QED) is 0.180. The Morgan fingerprint density at radius 3 is 2.61 bits per heavy atom. The van der Waals surface area contributed by atoms with E-state index < -0.39 is 20.9 Å². The highest BCUT2D eigenvalue weighted by Gasteiger charge is 2.18. The van der Waals surface area contributed by atoms with Crippen LogP contribution in [0.3, 0.4) is 0 Å². The summed E-state index contributed by atoms with van der Waals surface area (Å²) < 4.78 is 38.7. The van der Waals surface area contributed by atoms with E-state index in [1.165, 1.54) is 37.4 Å². The largest absolute Gasteiger partial charge is 0.497 e. The van der Waals surface area contributed by atoms with E-state index in [0.29, 0.717) is 33.8 Å². The van der Waals surface area contributed by atoms with Crippen molar-refractivity contribution in [3.63, 3.8) is 0 Å². The number of amides is 1. The Labute approximate surface area is 210 Å². The van der Waals surface area contributed by atoms with Crippen LogP contribution in [-0.4, -0.2) is 37.1 Å². The first-order chi connectivity index (χ1) is 17.2. The zero-order chi connectivity index (χ0) is 25.9. The van der Waals surface area contributed by atoms with Crippen LogP contribution in [0.1, 0.15) is 5.56 Å². The number of fused-ring (bicyclic) bond motifs is 1. The van der Waals surface area contributed by atoms with Crippen LogP contribution < -0.4 is 14.8 Å². The van der Waals surface area contributed by atoms with Crippen LogP contribution >= 0.6 is 11.8 Å². The van der Waals surface area contributed by atoms with Crippen molar-refractivity contribution in [3.8, 4) is 5.75 Å². The number of thioether (sulfide) groups is 1. The molecule has 11 nitrogen and oxygen atoms in total. The second-order valence-corrected chi connectivity index (χ2v) is 10.1. The summed E-state index contributed by atoms with van der Waals surface area (Å²) in [7, 11) is -2.36. The number of hydrogen-bond donors (Lipinski definition) is 2. The van der Waals surface area contributed by atoms with Crippen molar-refractivity contribution in [1.29, 1.82) is 0 Å². The standard InChI is InChI=1S/C23H20N4O7S2/c1-14-18(4-3-5-20(14)27(29)30)24-22(28)13-35-23-25-19-12-17(10-11-21(19)34-23)36(31,32)26-15-6-8-16(33-2)9-7-15/h3-12,26H,13H2,1-2H3,(H,24,28). The van der Waals surface area contributed by atoms with E-state index in [2.05, 4.69) is 15.0 Å². The van der Waals surface area contributed by atoms with Gasteiger partial charge in [-0.2, -0.15) is 0 Å². The number of ether oxygens (including phenoxy) is 1. The Hall–Kier alpha value is -4.10. The maximum absolute atomic E-state index is 12.8. The molecule has 0 aliphatic carbocycles. The number of benzene rings is 3. The SMILES string of the molecule is COc1ccc(NS(=O)(=O)c2ccc3oc(SCC(=O)Nc4cccc([N+](=O)[O-])c4C)nc3c2)cc1. The Morgan fingerprint density at radius 1 is 1.17 bits per heavy atom. The third kappa shape index (κ3) is 5.58. The summed E-state index contributed by atoms with van der Waals surface area (Å²) in [4.78, 5) is 27.2. The number of methoxy groups -OCH3 is 1. The third-order valence-electron chi connectivity index (χ3n) is 5.09. The molecule has 0 radical (unpaired) electrons. The molecule has 0 unspecified atom stereocenters. The molecule has 1 heterocycles. The van der Waals surface area contributed by atoms with Gasteiger partial charge in [0.2, 0.25) is 5.91 Å². The van der Waals surface area contributed by atoms with Gasteiger partial charge in [0, 0.05) is 11.8 Å². The summed E-state index contributed by atoms with van der Waals surface area (Å²) in [5.74, 6) is 0.123. The number of hydrogen-bond acceptors (Lipinski definition) is 9. The van der Waals surface area contributed by atoms with Gasteiger partial charge in [-0.1, -0.05) is 17.8 Å². The van der Waals surface area contributed by atoms with Gasteiger partial charge in [0.1, 0.15) is 11.3 Å². The molecule has 2 N–H and O–H groups in total. The van der Waals surface area contributed by atoms with Crippen LogP contribution in [0.2, 0.25) is 0 Å². The molecule has 0 aliphatic rings. The number of rotatable bonds is 9. The number of nitro benzene ring substituents is 1. The molecule has 0 bridgehead atoms. The van der Waals surface area contributed by atoms with Gasteiger partial charge in [-0.25, -0.2) is 13.4 Å². The monoisotopic (exact) mass is 528 g/mol. The minimum Gasteiger partial charge on any atom is -0.497 e. The summed E-state index contributed by atoms with van der Waals surface area (Å²) >= 11 is 1.01. The molecule has 1 aromatic heterocycles. The fourth-order valence-corrected chi connectivity index (χ4v) is 4.97. The van der Waals surface area contributed by atoms with Gasteiger partial charge < -0.3 is 14.5 Å². The molecule has 0 saturated carbocycles. The Kier molecular flexibility index (Phi) is 7.12. The molecular weight excluding hydrogens is 508 g/mol. The summed E-state index contributed by atoms with van der Waals surface area (Å²) in [6.07, 6.45) is 0. The molecule has 1 amide bonds. The molecule has 0 saturated heterocycles. The van der Waals surface area contributed by atoms with Crippen LogP contribution in [0, 0.1) is 17.0 Å². The van der Waals surface area contributed by atoms with Crippen molar-refractivity contribution in [3.05, 3.63) is 76.3 Å². The number of anilines is 2. The van der Waals surface area contributed by atoms with Crippen LogP contribution in [0.4, 0.5) is 17.1 Å². The van der Waals surface area contributed by atoms with Crippen molar-refractivity contribution < 1.29 is 27.3 Å². The molecule has 3 aromatic carbocycles. The van der Waals surface area contributed by atoms with Crippen LogP contribution in [0.5, 0.6) is 5.75 Å². The Morgan fingerprint density at radius 2 is 1.92 bits per heavy atom. The van der Waals surface area contributed by atoms with E-state index in [9.17, 15) is 23.3 Å². The second kappa shape index (κ2) is 10.3. The summed E-state index contributed by atoms with van der Waals surface area (Å²) in [5.41, 5.74) is 1.64. The fraction of sp³-hybridized carbons (Fsp3) is 0.130. The van der Waals surface area contributed by atoms with E-state index in [0.717, 1.165) is 11.8 Å². The molecule has 13 heteroatoms. The lowest BCUT2D eigenvalue weighted by atomic mass is 10.1. The van der Waals surface area contributed by atoms with Gasteiger partial charge in [0.15, 0.2) is 5.58 Å². The minimum atomic E-state index is -3.88. The lowest BCUT2D eigenvalue weighted by Crippen LogP contribution is -2.15. The maximum atomic E-state index is 12.8. The van der Waals surface area contributed by atoms with E-state index in [1.807, 2.05) is 0 Å². The normalized spacial score (nSPS) is 11.3. The Bertz CT molecular complexity index is 1550. The van der Waals surface area contributed by atoms with Gasteiger partial charge in [0.25, 0.3) is 20.9 Å². The second-order valence-electron chi connectivity index (χ2n) is 7.49. The first-order valence-electron chi connectivity index (χ1n) is 10.4. The zero-order valence-electron chi connectivity index (χ0n) is 19.0. The molecule has 36 heavy (non-hydrogen) atoms. The van der Waals surface area contributed by atoms with E-state index >= 15 is 0 Å². The van der Waals surface area contributed by atoms with Gasteiger partial charge >= 0.3 is 0 Å². The molecule has 4 rings (SSSR count). The summed E-state index contributed by atoms with van der Waals surface area (Å²) in [6.45, 7) is 1.55. The molecule has 0 fully saturated rings. The minimum absolute atomic E-state index is 0.00504. The van der Waals surface area contributed by atoms with Crippen molar-refractivity contribution in [2.45, 2.75) is 17.0 Å². The van der Waals surface area contributed by atoms with E-state index in [4.69, 9.17) is 9.15 Å². The lowest BCUT2D eigenvalue weighted by Gasteiger charge is -2.08. The zero-order valence-corrected chi connectivity index (χ0v) is 20.7. The number of oxazole rings is 1. The molecule has 4 aromatic rings. The number of carbonyl (C=O) groups is 1. The molecule has 0 spiro atoms. The number of nitrogens with zero attached hydrogens (tertiary/aromatic N) is 2. The highest BCUT2D eigenvalue weighted by atomic mass is 32.2. The smallest absolute Gasteiger partial charge is 0.274 e. The highest BCUT2D eigenvalue weighted by molar-refractivity contribution is 7.99. The first kappa shape index (κ1) is 25.0. The van der Waals surface area contributed by atoms with Crippen LogP contribution in [0.15, 0.2) is 75.2 Å². The van der Waals surface area contributed by atoms with E-state index in [-0.39, 0.29) is 21.6 Å². The molecule has 0 atom stereocenters. The lowest BCUT2D eigenvalue weighted by molar-refractivity contribution is -0.385. The first-order valence-corrected chi connectivity index (χ1v) is 12.9. The van der Waals surface area contributed by atoms with Gasteiger partial charge in [0.05, 0.1) is 33.9 Å². The average molecular weight is 529 g/mol. The maximum Gasteiger partial charge on any atom is 0.274 e. The van der Waals surface area contributed by atoms with Crippen LogP contribution in [-0.2, 0) is 14.8 Å². The molecule has 0 aliphatic heterocycles. The number of aromatic nitrogens is 1. The highest BCUT2D eigenvalue weighted by Crippen LogP contribution is 2.28. The number of nitrogens with one attached hydrogen (secondary N) is 2. The van der Waals surface area contributed by atoms with Gasteiger partial charge in [-0.3, -0.25) is 19.6 Å². The van der Waals surface area contributed by atoms with E-state index in [1.54, 1.807) is 37.3 Å². The number of nitro groups is 1.